The van der Waals surface area contributed by atoms with Gasteiger partial charge in [-0.15, -0.1) is 0 Å². The number of nitrogens with zero attached hydrogens (tertiary/aromatic N) is 2. The topological polar surface area (TPSA) is 94.9 Å². The standard InChI is InChI=1S/C21H14N2O5/c1-13-5-2-3-8-17(13)20-22-18(21(24)28-20)12-16-9-10-19(27-16)14-6-4-7-15(11-14)23(25)26/h2-12H,1H3/b18-12-. The Balaban J connectivity index is 1.64. The van der Waals surface area contributed by atoms with Crippen molar-refractivity contribution in [2.75, 3.05) is 0 Å². The number of benzene rings is 2. The quantitative estimate of drug-likeness (QED) is 0.290. The number of ether oxygens (including phenoxy) is 1. The molecule has 0 saturated heterocycles. The molecule has 0 amide bonds. The van der Waals surface area contributed by atoms with Crippen LogP contribution < -0.4 is 0 Å². The smallest absolute Gasteiger partial charge is 0.363 e. The zero-order valence-electron chi connectivity index (χ0n) is 14.8. The van der Waals surface area contributed by atoms with E-state index in [1.807, 2.05) is 31.2 Å². The van der Waals surface area contributed by atoms with Crippen LogP contribution in [0.25, 0.3) is 17.4 Å². The van der Waals surface area contributed by atoms with Crippen LogP contribution in [0, 0.1) is 17.0 Å². The van der Waals surface area contributed by atoms with Gasteiger partial charge in [0.15, 0.2) is 5.70 Å². The molecular weight excluding hydrogens is 360 g/mol. The molecular formula is C21H14N2O5. The van der Waals surface area contributed by atoms with Crippen molar-refractivity contribution < 1.29 is 18.9 Å². The summed E-state index contributed by atoms with van der Waals surface area (Å²) in [6.07, 6.45) is 1.48. The molecule has 0 spiro atoms. The zero-order valence-corrected chi connectivity index (χ0v) is 14.8. The van der Waals surface area contributed by atoms with Crippen LogP contribution >= 0.6 is 0 Å². The number of aliphatic imine (C=N–C) groups is 1. The van der Waals surface area contributed by atoms with E-state index < -0.39 is 10.9 Å². The number of carbonyl (C=O) groups excluding carboxylic acids is 1. The first-order valence-electron chi connectivity index (χ1n) is 8.44. The predicted octanol–water partition coefficient (Wildman–Crippen LogP) is 4.51. The molecule has 4 rings (SSSR count). The second-order valence-corrected chi connectivity index (χ2v) is 6.16. The molecule has 0 bridgehead atoms. The van der Waals surface area contributed by atoms with Crippen molar-refractivity contribution in [3.05, 3.63) is 93.4 Å². The maximum absolute atomic E-state index is 12.1. The molecule has 7 nitrogen and oxygen atoms in total. The first-order valence-corrected chi connectivity index (χ1v) is 8.44. The van der Waals surface area contributed by atoms with Gasteiger partial charge in [0.05, 0.1) is 4.92 Å². The highest BCUT2D eigenvalue weighted by Crippen LogP contribution is 2.27. The molecule has 0 radical (unpaired) electrons. The fourth-order valence-electron chi connectivity index (χ4n) is 2.83. The Labute approximate surface area is 159 Å². The Morgan fingerprint density at radius 2 is 1.89 bits per heavy atom. The summed E-state index contributed by atoms with van der Waals surface area (Å²) in [5.41, 5.74) is 2.35. The number of non-ortho nitro benzene ring substituents is 1. The van der Waals surface area contributed by atoms with Gasteiger partial charge >= 0.3 is 5.97 Å². The normalized spacial score (nSPS) is 14.8. The molecule has 7 heteroatoms. The minimum absolute atomic E-state index is 0.0272. The molecule has 0 atom stereocenters. The molecule has 0 N–H and O–H groups in total. The summed E-state index contributed by atoms with van der Waals surface area (Å²) in [5, 5.41) is 10.9. The number of hydrogen-bond acceptors (Lipinski definition) is 6. The highest BCUT2D eigenvalue weighted by Gasteiger charge is 2.25. The number of aryl methyl sites for hydroxylation is 1. The lowest BCUT2D eigenvalue weighted by molar-refractivity contribution is -0.384. The first kappa shape index (κ1) is 17.4. The van der Waals surface area contributed by atoms with Gasteiger partial charge in [-0.25, -0.2) is 9.79 Å². The summed E-state index contributed by atoms with van der Waals surface area (Å²) in [7, 11) is 0. The minimum atomic E-state index is -0.563. The van der Waals surface area contributed by atoms with E-state index in [1.165, 1.54) is 18.2 Å². The van der Waals surface area contributed by atoms with E-state index in [9.17, 15) is 14.9 Å². The van der Waals surface area contributed by atoms with Gasteiger partial charge in [-0.2, -0.15) is 0 Å². The van der Waals surface area contributed by atoms with Gasteiger partial charge in [-0.1, -0.05) is 30.3 Å². The average Bonchev–Trinajstić information content (AvgIpc) is 3.30. The molecule has 3 aromatic rings. The van der Waals surface area contributed by atoms with E-state index in [0.29, 0.717) is 17.1 Å². The number of cyclic esters (lactones) is 1. The highest BCUT2D eigenvalue weighted by atomic mass is 16.6. The lowest BCUT2D eigenvalue weighted by atomic mass is 10.1. The summed E-state index contributed by atoms with van der Waals surface area (Å²) in [6.45, 7) is 1.91. The van der Waals surface area contributed by atoms with Crippen LogP contribution in [0.4, 0.5) is 5.69 Å². The van der Waals surface area contributed by atoms with Gasteiger partial charge < -0.3 is 9.15 Å². The van der Waals surface area contributed by atoms with E-state index in [4.69, 9.17) is 9.15 Å². The third-order valence-corrected chi connectivity index (χ3v) is 4.24. The Morgan fingerprint density at radius 3 is 2.68 bits per heavy atom. The maximum atomic E-state index is 12.1. The number of esters is 1. The van der Waals surface area contributed by atoms with E-state index in [1.54, 1.807) is 24.3 Å². The summed E-state index contributed by atoms with van der Waals surface area (Å²) in [5.74, 6) is 0.527. The van der Waals surface area contributed by atoms with Crippen molar-refractivity contribution in [1.82, 2.24) is 0 Å². The minimum Gasteiger partial charge on any atom is -0.457 e. The second-order valence-electron chi connectivity index (χ2n) is 6.16. The number of rotatable bonds is 4. The summed E-state index contributed by atoms with van der Waals surface area (Å²) in [4.78, 5) is 26.9. The average molecular weight is 374 g/mol. The number of furan rings is 1. The number of carbonyl (C=O) groups is 1. The van der Waals surface area contributed by atoms with Gasteiger partial charge in [0.2, 0.25) is 5.90 Å². The number of nitro benzene ring substituents is 1. The first-order chi connectivity index (χ1) is 13.5. The van der Waals surface area contributed by atoms with Crippen molar-refractivity contribution in [1.29, 1.82) is 0 Å². The van der Waals surface area contributed by atoms with Gasteiger partial charge in [0.25, 0.3) is 5.69 Å². The Kier molecular flexibility index (Phi) is 4.33. The Bertz CT molecular complexity index is 1160. The van der Waals surface area contributed by atoms with E-state index in [2.05, 4.69) is 4.99 Å². The van der Waals surface area contributed by atoms with Crippen molar-refractivity contribution in [3.63, 3.8) is 0 Å². The molecule has 0 aliphatic carbocycles. The van der Waals surface area contributed by atoms with E-state index in [0.717, 1.165) is 11.1 Å². The van der Waals surface area contributed by atoms with Crippen LogP contribution in [0.5, 0.6) is 0 Å². The molecule has 1 aromatic heterocycles. The molecule has 28 heavy (non-hydrogen) atoms. The highest BCUT2D eigenvalue weighted by molar-refractivity contribution is 6.13. The van der Waals surface area contributed by atoms with Gasteiger partial charge in [-0.3, -0.25) is 10.1 Å². The summed E-state index contributed by atoms with van der Waals surface area (Å²) in [6, 6.07) is 16.9. The van der Waals surface area contributed by atoms with Crippen molar-refractivity contribution in [2.45, 2.75) is 6.92 Å². The van der Waals surface area contributed by atoms with Crippen molar-refractivity contribution in [3.8, 4) is 11.3 Å². The molecule has 138 valence electrons. The summed E-state index contributed by atoms with van der Waals surface area (Å²) >= 11 is 0. The molecule has 0 unspecified atom stereocenters. The fourth-order valence-corrected chi connectivity index (χ4v) is 2.83. The van der Waals surface area contributed by atoms with Crippen molar-refractivity contribution in [2.24, 2.45) is 4.99 Å². The fraction of sp³-hybridized carbons (Fsp3) is 0.0476. The van der Waals surface area contributed by atoms with Crippen LogP contribution in [0.3, 0.4) is 0 Å². The molecule has 1 aliphatic rings. The Hall–Kier alpha value is -4.00. The third kappa shape index (κ3) is 3.33. The van der Waals surface area contributed by atoms with Crippen LogP contribution in [-0.4, -0.2) is 16.8 Å². The zero-order chi connectivity index (χ0) is 19.7. The van der Waals surface area contributed by atoms with E-state index in [-0.39, 0.29) is 17.3 Å². The van der Waals surface area contributed by atoms with Crippen LogP contribution in [0.1, 0.15) is 16.9 Å². The monoisotopic (exact) mass is 374 g/mol. The number of nitro groups is 1. The van der Waals surface area contributed by atoms with E-state index >= 15 is 0 Å². The molecule has 0 saturated carbocycles. The SMILES string of the molecule is Cc1ccccc1C1=N/C(=C\c2ccc(-c3cccc([N+](=O)[O-])c3)o2)C(=O)O1. The van der Waals surface area contributed by atoms with Crippen molar-refractivity contribution >= 4 is 23.6 Å². The molecule has 2 aromatic carbocycles. The lowest BCUT2D eigenvalue weighted by Crippen LogP contribution is -2.06. The molecule has 0 fully saturated rings. The van der Waals surface area contributed by atoms with Gasteiger partial charge in [-0.05, 0) is 30.7 Å². The lowest BCUT2D eigenvalue weighted by Gasteiger charge is -2.02. The Morgan fingerprint density at radius 1 is 1.07 bits per heavy atom. The van der Waals surface area contributed by atoms with Crippen LogP contribution in [0.15, 0.2) is 75.8 Å². The molecule has 2 heterocycles. The largest absolute Gasteiger partial charge is 0.457 e. The van der Waals surface area contributed by atoms with Crippen LogP contribution in [0.2, 0.25) is 0 Å². The van der Waals surface area contributed by atoms with Gasteiger partial charge in [0.1, 0.15) is 11.5 Å². The van der Waals surface area contributed by atoms with Crippen LogP contribution in [-0.2, 0) is 9.53 Å². The predicted molar refractivity (Wildman–Crippen MR) is 103 cm³/mol. The second kappa shape index (κ2) is 6.96. The maximum Gasteiger partial charge on any atom is 0.363 e. The third-order valence-electron chi connectivity index (χ3n) is 4.24. The molecule has 1 aliphatic heterocycles. The van der Waals surface area contributed by atoms with Gasteiger partial charge in [0, 0.05) is 29.3 Å². The number of hydrogen-bond donors (Lipinski definition) is 0. The summed E-state index contributed by atoms with van der Waals surface area (Å²) < 4.78 is 11.0.